The monoisotopic (exact) mass is 331 g/mol. The summed E-state index contributed by atoms with van der Waals surface area (Å²) in [7, 11) is 3.41. The molecule has 128 valence electrons. The van der Waals surface area contributed by atoms with Crippen LogP contribution in [0.25, 0.3) is 5.69 Å². The van der Waals surface area contributed by atoms with E-state index in [4.69, 9.17) is 4.74 Å². The molecule has 24 heavy (non-hydrogen) atoms. The molecule has 0 aliphatic heterocycles. The van der Waals surface area contributed by atoms with Crippen LogP contribution in [0.15, 0.2) is 24.3 Å². The molecule has 1 aromatic heterocycles. The van der Waals surface area contributed by atoms with Crippen LogP contribution in [0.2, 0.25) is 0 Å². The van der Waals surface area contributed by atoms with Gasteiger partial charge < -0.3 is 9.64 Å². The highest BCUT2D eigenvalue weighted by atomic mass is 19.1. The first-order valence-electron chi connectivity index (χ1n) is 8.23. The van der Waals surface area contributed by atoms with Gasteiger partial charge in [-0.2, -0.15) is 5.10 Å². The Hall–Kier alpha value is -2.21. The first-order valence-corrected chi connectivity index (χ1v) is 8.23. The molecule has 0 unspecified atom stereocenters. The lowest BCUT2D eigenvalue weighted by Gasteiger charge is -2.16. The Bertz CT molecular complexity index is 742. The maximum Gasteiger partial charge on any atom is 0.274 e. The molecular formula is C18H22FN3O2. The molecule has 0 bridgehead atoms. The van der Waals surface area contributed by atoms with Crippen LogP contribution in [-0.2, 0) is 17.6 Å². The van der Waals surface area contributed by atoms with Gasteiger partial charge in [-0.15, -0.1) is 0 Å². The summed E-state index contributed by atoms with van der Waals surface area (Å²) in [5.74, 6) is -0.443. The van der Waals surface area contributed by atoms with Gasteiger partial charge in [0.2, 0.25) is 0 Å². The van der Waals surface area contributed by atoms with E-state index in [1.165, 1.54) is 6.07 Å². The van der Waals surface area contributed by atoms with Gasteiger partial charge in [0, 0.05) is 38.6 Å². The number of aromatic nitrogens is 2. The number of rotatable bonds is 6. The van der Waals surface area contributed by atoms with Gasteiger partial charge in [0.15, 0.2) is 5.69 Å². The molecule has 2 aromatic rings. The van der Waals surface area contributed by atoms with Crippen LogP contribution < -0.4 is 0 Å². The van der Waals surface area contributed by atoms with Crippen molar-refractivity contribution in [1.82, 2.24) is 14.7 Å². The van der Waals surface area contributed by atoms with E-state index >= 15 is 0 Å². The Balaban J connectivity index is 1.92. The Kier molecular flexibility index (Phi) is 4.94. The number of fused-ring (bicyclic) bond motifs is 1. The third-order valence-electron chi connectivity index (χ3n) is 4.40. The Labute approximate surface area is 141 Å². The summed E-state index contributed by atoms with van der Waals surface area (Å²) in [5, 5.41) is 4.47. The fourth-order valence-electron chi connectivity index (χ4n) is 3.16. The number of methoxy groups -OCH3 is 1. The minimum absolute atomic E-state index is 0.112. The van der Waals surface area contributed by atoms with Gasteiger partial charge in [-0.25, -0.2) is 9.07 Å². The number of carbonyl (C=O) groups is 1. The third-order valence-corrected chi connectivity index (χ3v) is 4.40. The third kappa shape index (κ3) is 3.06. The number of amides is 1. The summed E-state index contributed by atoms with van der Waals surface area (Å²) in [6.45, 7) is 1.22. The van der Waals surface area contributed by atoms with Gasteiger partial charge >= 0.3 is 0 Å². The number of carbonyl (C=O) groups excluding carboxylic acids is 1. The van der Waals surface area contributed by atoms with Crippen molar-refractivity contribution < 1.29 is 13.9 Å². The van der Waals surface area contributed by atoms with E-state index in [0.29, 0.717) is 24.5 Å². The number of nitrogens with zero attached hydrogens (tertiary/aromatic N) is 3. The summed E-state index contributed by atoms with van der Waals surface area (Å²) >= 11 is 0. The van der Waals surface area contributed by atoms with Gasteiger partial charge in [-0.1, -0.05) is 12.1 Å². The molecule has 0 atom stereocenters. The highest BCUT2D eigenvalue weighted by molar-refractivity contribution is 5.94. The summed E-state index contributed by atoms with van der Waals surface area (Å²) in [5.41, 5.74) is 2.76. The second-order valence-electron chi connectivity index (χ2n) is 6.06. The molecule has 0 fully saturated rings. The largest absolute Gasteiger partial charge is 0.385 e. The second-order valence-corrected chi connectivity index (χ2v) is 6.06. The van der Waals surface area contributed by atoms with Gasteiger partial charge in [-0.3, -0.25) is 4.79 Å². The fourth-order valence-corrected chi connectivity index (χ4v) is 3.16. The average Bonchev–Trinajstić information content (AvgIpc) is 3.17. The molecule has 0 saturated carbocycles. The SMILES string of the molecule is COCCCN(C)C(=O)c1nn(-c2ccccc2F)c2c1CCC2. The smallest absolute Gasteiger partial charge is 0.274 e. The summed E-state index contributed by atoms with van der Waals surface area (Å²) in [6, 6.07) is 6.53. The lowest BCUT2D eigenvalue weighted by Crippen LogP contribution is -2.29. The minimum atomic E-state index is -0.331. The molecule has 0 N–H and O–H groups in total. The van der Waals surface area contributed by atoms with E-state index in [0.717, 1.165) is 36.9 Å². The van der Waals surface area contributed by atoms with Crippen LogP contribution >= 0.6 is 0 Å². The minimum Gasteiger partial charge on any atom is -0.385 e. The molecule has 1 aromatic carbocycles. The van der Waals surface area contributed by atoms with Crippen molar-refractivity contribution in [2.75, 3.05) is 27.3 Å². The highest BCUT2D eigenvalue weighted by Crippen LogP contribution is 2.29. The van der Waals surface area contributed by atoms with Crippen LogP contribution in [0.4, 0.5) is 4.39 Å². The molecule has 6 heteroatoms. The molecule has 1 amide bonds. The zero-order valence-electron chi connectivity index (χ0n) is 14.1. The quantitative estimate of drug-likeness (QED) is 0.765. The van der Waals surface area contributed by atoms with Crippen molar-refractivity contribution in [3.63, 3.8) is 0 Å². The normalized spacial score (nSPS) is 13.1. The van der Waals surface area contributed by atoms with Crippen molar-refractivity contribution in [3.8, 4) is 5.69 Å². The maximum absolute atomic E-state index is 14.1. The summed E-state index contributed by atoms with van der Waals surface area (Å²) in [4.78, 5) is 14.4. The maximum atomic E-state index is 14.1. The van der Waals surface area contributed by atoms with Crippen molar-refractivity contribution in [2.45, 2.75) is 25.7 Å². The van der Waals surface area contributed by atoms with Crippen molar-refractivity contribution in [1.29, 1.82) is 0 Å². The molecular weight excluding hydrogens is 309 g/mol. The van der Waals surface area contributed by atoms with E-state index in [2.05, 4.69) is 5.10 Å². The van der Waals surface area contributed by atoms with Crippen molar-refractivity contribution >= 4 is 5.91 Å². The standard InChI is InChI=1S/C18H22FN3O2/c1-21(11-6-12-24-2)18(23)17-13-7-5-10-15(13)22(20-17)16-9-4-3-8-14(16)19/h3-4,8-9H,5-7,10-12H2,1-2H3. The molecule has 1 aliphatic carbocycles. The molecule has 5 nitrogen and oxygen atoms in total. The summed E-state index contributed by atoms with van der Waals surface area (Å²) < 4.78 is 20.8. The number of hydrogen-bond donors (Lipinski definition) is 0. The predicted molar refractivity (Wildman–Crippen MR) is 89.0 cm³/mol. The average molecular weight is 331 g/mol. The van der Waals surface area contributed by atoms with Crippen LogP contribution in [0.1, 0.15) is 34.6 Å². The molecule has 1 aliphatic rings. The lowest BCUT2D eigenvalue weighted by molar-refractivity contribution is 0.0772. The number of hydrogen-bond acceptors (Lipinski definition) is 3. The zero-order valence-corrected chi connectivity index (χ0v) is 14.1. The van der Waals surface area contributed by atoms with Crippen molar-refractivity contribution in [3.05, 3.63) is 47.0 Å². The van der Waals surface area contributed by atoms with Gasteiger partial charge in [0.1, 0.15) is 11.5 Å². The second kappa shape index (κ2) is 7.13. The van der Waals surface area contributed by atoms with Crippen LogP contribution in [0.5, 0.6) is 0 Å². The van der Waals surface area contributed by atoms with E-state index in [9.17, 15) is 9.18 Å². The van der Waals surface area contributed by atoms with E-state index in [1.807, 2.05) is 0 Å². The number of ether oxygens (including phenoxy) is 1. The highest BCUT2D eigenvalue weighted by Gasteiger charge is 2.29. The van der Waals surface area contributed by atoms with Gasteiger partial charge in [0.05, 0.1) is 0 Å². The Morgan fingerprint density at radius 2 is 2.17 bits per heavy atom. The Morgan fingerprint density at radius 3 is 2.92 bits per heavy atom. The van der Waals surface area contributed by atoms with E-state index in [-0.39, 0.29) is 11.7 Å². The molecule has 0 saturated heterocycles. The first-order chi connectivity index (χ1) is 11.6. The molecule has 0 spiro atoms. The van der Waals surface area contributed by atoms with Crippen molar-refractivity contribution in [2.24, 2.45) is 0 Å². The van der Waals surface area contributed by atoms with Crippen LogP contribution in [0, 0.1) is 5.82 Å². The van der Waals surface area contributed by atoms with E-state index in [1.54, 1.807) is 41.9 Å². The number of para-hydroxylation sites is 1. The van der Waals surface area contributed by atoms with Gasteiger partial charge in [0.25, 0.3) is 5.91 Å². The number of benzene rings is 1. The molecule has 0 radical (unpaired) electrons. The molecule has 3 rings (SSSR count). The van der Waals surface area contributed by atoms with Crippen LogP contribution in [0.3, 0.4) is 0 Å². The molecule has 1 heterocycles. The first kappa shape index (κ1) is 16.6. The van der Waals surface area contributed by atoms with Crippen LogP contribution in [-0.4, -0.2) is 47.9 Å². The Morgan fingerprint density at radius 1 is 1.38 bits per heavy atom. The zero-order chi connectivity index (χ0) is 17.1. The lowest BCUT2D eigenvalue weighted by atomic mass is 10.2. The number of halogens is 1. The predicted octanol–water partition coefficient (Wildman–Crippen LogP) is 2.61. The summed E-state index contributed by atoms with van der Waals surface area (Å²) in [6.07, 6.45) is 3.37. The van der Waals surface area contributed by atoms with E-state index < -0.39 is 0 Å². The fraction of sp³-hybridized carbons (Fsp3) is 0.444. The topological polar surface area (TPSA) is 47.4 Å². The van der Waals surface area contributed by atoms with Gasteiger partial charge in [-0.05, 0) is 37.8 Å².